The number of benzene rings is 2. The van der Waals surface area contributed by atoms with E-state index in [0.29, 0.717) is 16.0 Å². The van der Waals surface area contributed by atoms with E-state index in [9.17, 15) is 19.2 Å². The van der Waals surface area contributed by atoms with Crippen LogP contribution in [0.5, 0.6) is 0 Å². The van der Waals surface area contributed by atoms with Crippen molar-refractivity contribution >= 4 is 63.4 Å². The number of oxazole rings is 1. The van der Waals surface area contributed by atoms with Gasteiger partial charge >= 0.3 is 11.8 Å². The third kappa shape index (κ3) is 2.72. The van der Waals surface area contributed by atoms with E-state index in [4.69, 9.17) is 27.6 Å². The SMILES string of the molecule is O=C1C(=O)N(c2ccc(Cl)c(Cl)c2)C(=O)C(=O)C1c1nc2ccccc2o1. The lowest BCUT2D eigenvalue weighted by Gasteiger charge is -2.26. The Morgan fingerprint density at radius 1 is 0.889 bits per heavy atom. The molecule has 4 rings (SSSR count). The maximum Gasteiger partial charge on any atom is 0.302 e. The number of imide groups is 1. The second-order valence-electron chi connectivity index (χ2n) is 5.73. The van der Waals surface area contributed by atoms with Crippen molar-refractivity contribution in [2.24, 2.45) is 0 Å². The molecular weight excluding hydrogens is 395 g/mol. The summed E-state index contributed by atoms with van der Waals surface area (Å²) in [7, 11) is 0. The Kier molecular flexibility index (Phi) is 4.05. The molecule has 3 aromatic rings. The standard InChI is InChI=1S/C18H8Cl2N2O5/c19-9-6-5-8(7-10(9)20)22-17(25)14(23)13(15(24)18(22)26)16-21-11-3-1-2-4-12(11)27-16/h1-7,13H. The van der Waals surface area contributed by atoms with E-state index in [1.807, 2.05) is 0 Å². The summed E-state index contributed by atoms with van der Waals surface area (Å²) in [5.74, 6) is -6.58. The van der Waals surface area contributed by atoms with E-state index in [1.54, 1.807) is 24.3 Å². The fourth-order valence-electron chi connectivity index (χ4n) is 2.78. The van der Waals surface area contributed by atoms with Crippen molar-refractivity contribution in [1.82, 2.24) is 4.98 Å². The van der Waals surface area contributed by atoms with Crippen LogP contribution in [0.3, 0.4) is 0 Å². The molecule has 1 fully saturated rings. The average molecular weight is 403 g/mol. The van der Waals surface area contributed by atoms with Gasteiger partial charge in [0.25, 0.3) is 0 Å². The number of para-hydroxylation sites is 2. The highest BCUT2D eigenvalue weighted by Crippen LogP contribution is 2.32. The van der Waals surface area contributed by atoms with Gasteiger partial charge in [-0.25, -0.2) is 9.88 Å². The van der Waals surface area contributed by atoms with Gasteiger partial charge in [0.15, 0.2) is 11.5 Å². The summed E-state index contributed by atoms with van der Waals surface area (Å²) < 4.78 is 5.41. The number of fused-ring (bicyclic) bond motifs is 1. The molecule has 1 aromatic heterocycles. The number of rotatable bonds is 2. The lowest BCUT2D eigenvalue weighted by molar-refractivity contribution is -0.149. The molecule has 0 spiro atoms. The number of hydrogen-bond acceptors (Lipinski definition) is 6. The number of carbonyl (C=O) groups excluding carboxylic acids is 4. The molecule has 9 heteroatoms. The fourth-order valence-corrected chi connectivity index (χ4v) is 3.07. The van der Waals surface area contributed by atoms with E-state index < -0.39 is 29.3 Å². The molecule has 0 radical (unpaired) electrons. The van der Waals surface area contributed by atoms with Crippen LogP contribution in [0.15, 0.2) is 46.9 Å². The first-order chi connectivity index (χ1) is 12.9. The van der Waals surface area contributed by atoms with E-state index in [2.05, 4.69) is 4.98 Å². The predicted octanol–water partition coefficient (Wildman–Crippen LogP) is 2.93. The summed E-state index contributed by atoms with van der Waals surface area (Å²) in [6.45, 7) is 0. The number of carbonyl (C=O) groups is 4. The summed E-state index contributed by atoms with van der Waals surface area (Å²) in [6.07, 6.45) is 0. The molecule has 0 bridgehead atoms. The quantitative estimate of drug-likeness (QED) is 0.371. The Morgan fingerprint density at radius 3 is 2.19 bits per heavy atom. The van der Waals surface area contributed by atoms with Gasteiger partial charge in [-0.3, -0.25) is 19.2 Å². The molecule has 1 aliphatic rings. The lowest BCUT2D eigenvalue weighted by Crippen LogP contribution is -2.54. The largest absolute Gasteiger partial charge is 0.439 e. The van der Waals surface area contributed by atoms with Gasteiger partial charge in [0.2, 0.25) is 17.5 Å². The molecule has 1 saturated heterocycles. The summed E-state index contributed by atoms with van der Waals surface area (Å²) >= 11 is 11.7. The molecule has 134 valence electrons. The molecule has 7 nitrogen and oxygen atoms in total. The van der Waals surface area contributed by atoms with Gasteiger partial charge in [0, 0.05) is 0 Å². The summed E-state index contributed by atoms with van der Waals surface area (Å²) in [5.41, 5.74) is 0.705. The molecule has 27 heavy (non-hydrogen) atoms. The second kappa shape index (κ2) is 6.29. The van der Waals surface area contributed by atoms with Crippen LogP contribution in [0.1, 0.15) is 11.8 Å². The molecular formula is C18H8Cl2N2O5. The first-order valence-corrected chi connectivity index (χ1v) is 8.41. The van der Waals surface area contributed by atoms with Crippen LogP contribution in [0.25, 0.3) is 11.1 Å². The zero-order chi connectivity index (χ0) is 19.3. The van der Waals surface area contributed by atoms with Crippen molar-refractivity contribution in [3.05, 3.63) is 58.4 Å². The van der Waals surface area contributed by atoms with E-state index in [1.165, 1.54) is 18.2 Å². The number of ketones is 2. The zero-order valence-electron chi connectivity index (χ0n) is 13.3. The summed E-state index contributed by atoms with van der Waals surface area (Å²) in [4.78, 5) is 54.7. The van der Waals surface area contributed by atoms with Crippen LogP contribution in [0, 0.1) is 0 Å². The van der Waals surface area contributed by atoms with Gasteiger partial charge in [-0.15, -0.1) is 0 Å². The number of aromatic nitrogens is 1. The molecule has 0 saturated carbocycles. The number of Topliss-reactive ketones (excluding diaryl/α,β-unsaturated/α-hetero) is 2. The normalized spacial score (nSPS) is 15.9. The van der Waals surface area contributed by atoms with E-state index in [0.717, 1.165) is 0 Å². The lowest BCUT2D eigenvalue weighted by atomic mass is 9.92. The Labute approximate surface area is 161 Å². The minimum atomic E-state index is -1.71. The van der Waals surface area contributed by atoms with E-state index >= 15 is 0 Å². The molecule has 0 aliphatic carbocycles. The van der Waals surface area contributed by atoms with E-state index in [-0.39, 0.29) is 21.6 Å². The summed E-state index contributed by atoms with van der Waals surface area (Å²) in [5, 5.41) is 0.259. The van der Waals surface area contributed by atoms with Crippen molar-refractivity contribution in [2.45, 2.75) is 5.92 Å². The maximum absolute atomic E-state index is 12.6. The van der Waals surface area contributed by atoms with Crippen molar-refractivity contribution in [3.63, 3.8) is 0 Å². The zero-order valence-corrected chi connectivity index (χ0v) is 14.8. The molecule has 2 heterocycles. The smallest absolute Gasteiger partial charge is 0.302 e. The van der Waals surface area contributed by atoms with Crippen molar-refractivity contribution < 1.29 is 23.6 Å². The first-order valence-electron chi connectivity index (χ1n) is 7.65. The van der Waals surface area contributed by atoms with Crippen molar-refractivity contribution in [3.8, 4) is 0 Å². The van der Waals surface area contributed by atoms with Crippen molar-refractivity contribution in [1.29, 1.82) is 0 Å². The van der Waals surface area contributed by atoms with Gasteiger partial charge in [-0.05, 0) is 30.3 Å². The summed E-state index contributed by atoms with van der Waals surface area (Å²) in [6, 6.07) is 10.5. The molecule has 0 unspecified atom stereocenters. The Bertz CT molecular complexity index is 1090. The molecule has 0 N–H and O–H groups in total. The Balaban J connectivity index is 1.76. The van der Waals surface area contributed by atoms with Crippen LogP contribution in [0.4, 0.5) is 5.69 Å². The molecule has 0 atom stereocenters. The third-order valence-corrected chi connectivity index (χ3v) is 4.81. The highest BCUT2D eigenvalue weighted by Gasteiger charge is 2.50. The highest BCUT2D eigenvalue weighted by molar-refractivity contribution is 6.66. The number of halogens is 2. The van der Waals surface area contributed by atoms with Gasteiger partial charge in [-0.2, -0.15) is 0 Å². The minimum Gasteiger partial charge on any atom is -0.439 e. The van der Waals surface area contributed by atoms with Crippen LogP contribution in [-0.4, -0.2) is 28.4 Å². The number of amides is 2. The van der Waals surface area contributed by atoms with Crippen LogP contribution < -0.4 is 4.90 Å². The number of piperidine rings is 1. The Hall–Kier alpha value is -3.03. The number of anilines is 1. The number of nitrogens with zero attached hydrogens (tertiary/aromatic N) is 2. The van der Waals surface area contributed by atoms with Crippen LogP contribution >= 0.6 is 23.2 Å². The first kappa shape index (κ1) is 17.4. The van der Waals surface area contributed by atoms with Crippen LogP contribution in [0.2, 0.25) is 10.0 Å². The topological polar surface area (TPSA) is 97.6 Å². The molecule has 1 aliphatic heterocycles. The second-order valence-corrected chi connectivity index (χ2v) is 6.54. The fraction of sp³-hybridized carbons (Fsp3) is 0.0556. The predicted molar refractivity (Wildman–Crippen MR) is 95.7 cm³/mol. The van der Waals surface area contributed by atoms with Gasteiger partial charge in [-0.1, -0.05) is 35.3 Å². The maximum atomic E-state index is 12.6. The minimum absolute atomic E-state index is 0.0304. The highest BCUT2D eigenvalue weighted by atomic mass is 35.5. The number of hydrogen-bond donors (Lipinski definition) is 0. The molecule has 2 amide bonds. The Morgan fingerprint density at radius 2 is 1.56 bits per heavy atom. The average Bonchev–Trinajstić information content (AvgIpc) is 3.07. The van der Waals surface area contributed by atoms with Gasteiger partial charge in [0.05, 0.1) is 15.7 Å². The van der Waals surface area contributed by atoms with Gasteiger partial charge < -0.3 is 4.42 Å². The monoisotopic (exact) mass is 402 g/mol. The molecule has 2 aromatic carbocycles. The van der Waals surface area contributed by atoms with Gasteiger partial charge in [0.1, 0.15) is 5.52 Å². The van der Waals surface area contributed by atoms with Crippen LogP contribution in [-0.2, 0) is 19.2 Å². The third-order valence-electron chi connectivity index (χ3n) is 4.07. The van der Waals surface area contributed by atoms with Crippen molar-refractivity contribution in [2.75, 3.05) is 4.90 Å².